The topological polar surface area (TPSA) is 51.2 Å². The highest BCUT2D eigenvalue weighted by Gasteiger charge is 2.32. The summed E-state index contributed by atoms with van der Waals surface area (Å²) in [5, 5.41) is 2.98. The number of methoxy groups -OCH3 is 1. The molecule has 0 atom stereocenters. The predicted molar refractivity (Wildman–Crippen MR) is 94.8 cm³/mol. The van der Waals surface area contributed by atoms with E-state index in [9.17, 15) is 18.0 Å². The Hall–Kier alpha value is -2.35. The minimum Gasteiger partial charge on any atom is -0.465 e. The first-order valence-corrected chi connectivity index (χ1v) is 8.33. The quantitative estimate of drug-likeness (QED) is 0.560. The minimum absolute atomic E-state index is 0.0996. The first-order chi connectivity index (χ1) is 12.2. The number of aromatic nitrogens is 1. The Morgan fingerprint density at radius 3 is 2.58 bits per heavy atom. The van der Waals surface area contributed by atoms with Crippen molar-refractivity contribution < 1.29 is 22.7 Å². The van der Waals surface area contributed by atoms with Crippen molar-refractivity contribution in [1.82, 2.24) is 10.3 Å². The molecule has 0 aliphatic rings. The molecule has 1 N–H and O–H groups in total. The van der Waals surface area contributed by atoms with E-state index in [4.69, 9.17) is 4.74 Å². The number of benzene rings is 1. The standard InChI is InChI=1S/C18H16BrF3N2O2/c1-11(16(17(25)26-2)13-5-3-4-6-14(13)19)24-10-12-7-8-23-15(9-12)18(20,21)22/h3-9,24H,10H2,1-2H3/b16-11-. The third-order valence-electron chi connectivity index (χ3n) is 3.58. The summed E-state index contributed by atoms with van der Waals surface area (Å²) in [4.78, 5) is 15.5. The number of hydrogen-bond donors (Lipinski definition) is 1. The van der Waals surface area contributed by atoms with E-state index in [0.29, 0.717) is 26.9 Å². The first-order valence-electron chi connectivity index (χ1n) is 7.54. The minimum atomic E-state index is -4.51. The Labute approximate surface area is 157 Å². The van der Waals surface area contributed by atoms with Gasteiger partial charge in [0.15, 0.2) is 0 Å². The number of halogens is 4. The number of allylic oxidation sites excluding steroid dienone is 1. The average molecular weight is 429 g/mol. The predicted octanol–water partition coefficient (Wildman–Crippen LogP) is 4.56. The molecule has 26 heavy (non-hydrogen) atoms. The van der Waals surface area contributed by atoms with Crippen molar-refractivity contribution in [2.24, 2.45) is 0 Å². The number of nitrogens with zero attached hydrogens (tertiary/aromatic N) is 1. The SMILES string of the molecule is COC(=O)/C(=C(/C)NCc1ccnc(C(F)(F)F)c1)c1ccccc1Br. The van der Waals surface area contributed by atoms with Crippen LogP contribution in [0.5, 0.6) is 0 Å². The van der Waals surface area contributed by atoms with E-state index in [2.05, 4.69) is 26.2 Å². The summed E-state index contributed by atoms with van der Waals surface area (Å²) in [6.45, 7) is 1.76. The highest BCUT2D eigenvalue weighted by molar-refractivity contribution is 9.10. The van der Waals surface area contributed by atoms with Gasteiger partial charge in [0.1, 0.15) is 5.69 Å². The fraction of sp³-hybridized carbons (Fsp3) is 0.222. The van der Waals surface area contributed by atoms with Crippen LogP contribution in [0.4, 0.5) is 13.2 Å². The van der Waals surface area contributed by atoms with Gasteiger partial charge in [0.2, 0.25) is 0 Å². The molecule has 0 fully saturated rings. The van der Waals surface area contributed by atoms with Gasteiger partial charge in [-0.1, -0.05) is 34.1 Å². The molecule has 0 saturated heterocycles. The molecule has 138 valence electrons. The summed E-state index contributed by atoms with van der Waals surface area (Å²) in [5.74, 6) is -0.549. The van der Waals surface area contributed by atoms with Crippen LogP contribution in [0.1, 0.15) is 23.7 Å². The molecular formula is C18H16BrF3N2O2. The Morgan fingerprint density at radius 1 is 1.27 bits per heavy atom. The second-order valence-electron chi connectivity index (χ2n) is 5.37. The lowest BCUT2D eigenvalue weighted by atomic mass is 10.0. The molecular weight excluding hydrogens is 413 g/mol. The van der Waals surface area contributed by atoms with E-state index in [-0.39, 0.29) is 6.54 Å². The lowest BCUT2D eigenvalue weighted by Gasteiger charge is -2.15. The molecule has 8 heteroatoms. The molecule has 0 amide bonds. The number of carbonyl (C=O) groups excluding carboxylic acids is 1. The van der Waals surface area contributed by atoms with Gasteiger partial charge in [-0.25, -0.2) is 4.79 Å². The Balaban J connectivity index is 2.31. The summed E-state index contributed by atoms with van der Waals surface area (Å²) < 4.78 is 43.8. The monoisotopic (exact) mass is 428 g/mol. The zero-order valence-corrected chi connectivity index (χ0v) is 15.6. The summed E-state index contributed by atoms with van der Waals surface area (Å²) in [6, 6.07) is 9.55. The highest BCUT2D eigenvalue weighted by atomic mass is 79.9. The highest BCUT2D eigenvalue weighted by Crippen LogP contribution is 2.29. The van der Waals surface area contributed by atoms with Crippen LogP contribution in [0.15, 0.2) is 52.8 Å². The van der Waals surface area contributed by atoms with Gasteiger partial charge >= 0.3 is 12.1 Å². The van der Waals surface area contributed by atoms with Crippen LogP contribution < -0.4 is 5.32 Å². The molecule has 0 unspecified atom stereocenters. The van der Waals surface area contributed by atoms with E-state index < -0.39 is 17.8 Å². The zero-order chi connectivity index (χ0) is 19.3. The molecule has 1 aromatic carbocycles. The van der Waals surface area contributed by atoms with Gasteiger partial charge in [-0.2, -0.15) is 13.2 Å². The Kier molecular flexibility index (Phi) is 6.42. The third-order valence-corrected chi connectivity index (χ3v) is 4.27. The van der Waals surface area contributed by atoms with Crippen LogP contribution in [0.2, 0.25) is 0 Å². The second kappa shape index (κ2) is 8.35. The van der Waals surface area contributed by atoms with Crippen molar-refractivity contribution in [2.45, 2.75) is 19.6 Å². The van der Waals surface area contributed by atoms with Gasteiger partial charge < -0.3 is 10.1 Å². The number of pyridine rings is 1. The molecule has 0 bridgehead atoms. The number of rotatable bonds is 5. The summed E-state index contributed by atoms with van der Waals surface area (Å²) in [5.41, 5.74) is 0.828. The molecule has 0 aliphatic heterocycles. The molecule has 2 aromatic rings. The Bertz CT molecular complexity index is 835. The number of alkyl halides is 3. The maximum absolute atomic E-state index is 12.8. The van der Waals surface area contributed by atoms with E-state index in [0.717, 1.165) is 12.3 Å². The van der Waals surface area contributed by atoms with Crippen LogP contribution in [0.25, 0.3) is 5.57 Å². The zero-order valence-electron chi connectivity index (χ0n) is 14.0. The maximum Gasteiger partial charge on any atom is 0.433 e. The van der Waals surface area contributed by atoms with Crippen molar-refractivity contribution in [3.63, 3.8) is 0 Å². The smallest absolute Gasteiger partial charge is 0.433 e. The van der Waals surface area contributed by atoms with Crippen molar-refractivity contribution in [3.05, 3.63) is 69.6 Å². The van der Waals surface area contributed by atoms with Crippen LogP contribution in [-0.4, -0.2) is 18.1 Å². The molecule has 0 spiro atoms. The number of esters is 1. The van der Waals surface area contributed by atoms with Crippen LogP contribution >= 0.6 is 15.9 Å². The van der Waals surface area contributed by atoms with Gasteiger partial charge in [-0.05, 0) is 30.7 Å². The van der Waals surface area contributed by atoms with Crippen LogP contribution in [0.3, 0.4) is 0 Å². The average Bonchev–Trinajstić information content (AvgIpc) is 2.61. The van der Waals surface area contributed by atoms with E-state index in [1.165, 1.54) is 13.2 Å². The maximum atomic E-state index is 12.8. The van der Waals surface area contributed by atoms with E-state index in [1.807, 2.05) is 0 Å². The van der Waals surface area contributed by atoms with Crippen LogP contribution in [-0.2, 0) is 22.3 Å². The summed E-state index contributed by atoms with van der Waals surface area (Å²) in [7, 11) is 1.27. The number of nitrogens with one attached hydrogen (secondary N) is 1. The lowest BCUT2D eigenvalue weighted by Crippen LogP contribution is -2.17. The van der Waals surface area contributed by atoms with Gasteiger partial charge in [-0.15, -0.1) is 0 Å². The van der Waals surface area contributed by atoms with Gasteiger partial charge in [0.05, 0.1) is 12.7 Å². The third kappa shape index (κ3) is 4.85. The summed E-state index contributed by atoms with van der Waals surface area (Å²) in [6.07, 6.45) is -3.40. The van der Waals surface area contributed by atoms with Crippen molar-refractivity contribution >= 4 is 27.5 Å². The lowest BCUT2D eigenvalue weighted by molar-refractivity contribution is -0.141. The number of carbonyl (C=O) groups is 1. The molecule has 4 nitrogen and oxygen atoms in total. The van der Waals surface area contributed by atoms with Crippen molar-refractivity contribution in [3.8, 4) is 0 Å². The molecule has 0 radical (unpaired) electrons. The van der Waals surface area contributed by atoms with Crippen molar-refractivity contribution in [1.29, 1.82) is 0 Å². The molecule has 0 saturated carbocycles. The van der Waals surface area contributed by atoms with Gasteiger partial charge in [-0.3, -0.25) is 4.98 Å². The fourth-order valence-corrected chi connectivity index (χ4v) is 2.78. The van der Waals surface area contributed by atoms with Crippen molar-refractivity contribution in [2.75, 3.05) is 7.11 Å². The van der Waals surface area contributed by atoms with Gasteiger partial charge in [0.25, 0.3) is 0 Å². The summed E-state index contributed by atoms with van der Waals surface area (Å²) >= 11 is 3.39. The molecule has 1 heterocycles. The molecule has 2 rings (SSSR count). The number of ether oxygens (including phenoxy) is 1. The fourth-order valence-electron chi connectivity index (χ4n) is 2.29. The normalized spacial score (nSPS) is 12.4. The van der Waals surface area contributed by atoms with Crippen LogP contribution in [0, 0.1) is 0 Å². The first kappa shape index (κ1) is 20.0. The van der Waals surface area contributed by atoms with Gasteiger partial charge in [0, 0.05) is 28.5 Å². The molecule has 0 aliphatic carbocycles. The molecule has 1 aromatic heterocycles. The Morgan fingerprint density at radius 2 is 1.96 bits per heavy atom. The largest absolute Gasteiger partial charge is 0.465 e. The van der Waals surface area contributed by atoms with E-state index in [1.54, 1.807) is 31.2 Å². The number of hydrogen-bond acceptors (Lipinski definition) is 4. The second-order valence-corrected chi connectivity index (χ2v) is 6.23. The van der Waals surface area contributed by atoms with E-state index >= 15 is 0 Å².